The van der Waals surface area contributed by atoms with E-state index in [1.807, 2.05) is 6.07 Å². The van der Waals surface area contributed by atoms with Crippen LogP contribution in [0.3, 0.4) is 0 Å². The third-order valence-corrected chi connectivity index (χ3v) is 2.76. The highest BCUT2D eigenvalue weighted by Gasteiger charge is 2.22. The molecule has 0 spiro atoms. The molecule has 1 aromatic heterocycles. The average molecular weight is 213 g/mol. The van der Waals surface area contributed by atoms with E-state index in [1.165, 1.54) is 0 Å². The smallest absolute Gasteiger partial charge is 0.151 e. The lowest BCUT2D eigenvalue weighted by atomic mass is 10.1. The second-order valence-corrected chi connectivity index (χ2v) is 3.94. The molecule has 0 aliphatic carbocycles. The van der Waals surface area contributed by atoms with Gasteiger partial charge >= 0.3 is 0 Å². The van der Waals surface area contributed by atoms with Gasteiger partial charge in [-0.2, -0.15) is 0 Å². The van der Waals surface area contributed by atoms with Gasteiger partial charge in [-0.25, -0.2) is 0 Å². The van der Waals surface area contributed by atoms with E-state index in [1.54, 1.807) is 6.07 Å². The molecule has 1 aromatic rings. The fourth-order valence-corrected chi connectivity index (χ4v) is 1.81. The molecule has 1 atom stereocenters. The molecule has 0 bridgehead atoms. The number of rotatable bonds is 2. The zero-order valence-electron chi connectivity index (χ0n) is 7.86. The van der Waals surface area contributed by atoms with E-state index >= 15 is 0 Å². The van der Waals surface area contributed by atoms with E-state index in [0.717, 1.165) is 31.9 Å². The Hall–Kier alpha value is -0.870. The van der Waals surface area contributed by atoms with Crippen LogP contribution in [0, 0.1) is 5.92 Å². The number of nitrogens with two attached hydrogens (primary N) is 1. The second-order valence-electron chi connectivity index (χ2n) is 3.55. The first-order valence-electron chi connectivity index (χ1n) is 4.74. The minimum absolute atomic E-state index is 0.434. The van der Waals surface area contributed by atoms with Gasteiger partial charge < -0.3 is 10.6 Å². The first kappa shape index (κ1) is 9.68. The lowest BCUT2D eigenvalue weighted by Crippen LogP contribution is -2.23. The Kier molecular flexibility index (Phi) is 2.84. The summed E-state index contributed by atoms with van der Waals surface area (Å²) in [5.41, 5.74) is 5.61. The van der Waals surface area contributed by atoms with Crippen molar-refractivity contribution in [3.05, 3.63) is 17.3 Å². The maximum atomic E-state index is 5.66. The molecule has 2 N–H and O–H groups in total. The maximum absolute atomic E-state index is 5.66. The number of aromatic nitrogens is 2. The molecule has 1 saturated heterocycles. The zero-order chi connectivity index (χ0) is 9.97. The van der Waals surface area contributed by atoms with Gasteiger partial charge in [-0.1, -0.05) is 11.6 Å². The van der Waals surface area contributed by atoms with E-state index in [0.29, 0.717) is 11.1 Å². The molecule has 2 heterocycles. The third-order valence-electron chi connectivity index (χ3n) is 2.56. The summed E-state index contributed by atoms with van der Waals surface area (Å²) in [7, 11) is 0. The lowest BCUT2D eigenvalue weighted by Gasteiger charge is -2.15. The topological polar surface area (TPSA) is 55.0 Å². The predicted octanol–water partition coefficient (Wildman–Crippen LogP) is 0.915. The van der Waals surface area contributed by atoms with Crippen molar-refractivity contribution >= 4 is 17.4 Å². The van der Waals surface area contributed by atoms with Gasteiger partial charge in [0, 0.05) is 13.1 Å². The molecule has 1 aliphatic rings. The van der Waals surface area contributed by atoms with Gasteiger partial charge in [0.05, 0.1) is 0 Å². The number of hydrogen-bond acceptors (Lipinski definition) is 4. The van der Waals surface area contributed by atoms with Crippen LogP contribution in [0.25, 0.3) is 0 Å². The van der Waals surface area contributed by atoms with E-state index < -0.39 is 0 Å². The summed E-state index contributed by atoms with van der Waals surface area (Å²) in [6.45, 7) is 2.74. The summed E-state index contributed by atoms with van der Waals surface area (Å²) in [4.78, 5) is 2.20. The van der Waals surface area contributed by atoms with Gasteiger partial charge in [0.25, 0.3) is 0 Å². The normalized spacial score (nSPS) is 21.6. The van der Waals surface area contributed by atoms with Crippen molar-refractivity contribution in [3.63, 3.8) is 0 Å². The van der Waals surface area contributed by atoms with Crippen LogP contribution < -0.4 is 10.6 Å². The third kappa shape index (κ3) is 1.96. The first-order chi connectivity index (χ1) is 6.79. The summed E-state index contributed by atoms with van der Waals surface area (Å²) in [5.74, 6) is 1.48. The highest BCUT2D eigenvalue weighted by atomic mass is 35.5. The lowest BCUT2D eigenvalue weighted by molar-refractivity contribution is 0.602. The van der Waals surface area contributed by atoms with Gasteiger partial charge in [0.2, 0.25) is 0 Å². The SMILES string of the molecule is NCC1CCN(c2ccc(Cl)nn2)C1. The Morgan fingerprint density at radius 2 is 2.36 bits per heavy atom. The summed E-state index contributed by atoms with van der Waals surface area (Å²) >= 11 is 5.66. The van der Waals surface area contributed by atoms with Crippen LogP contribution >= 0.6 is 11.6 Å². The quantitative estimate of drug-likeness (QED) is 0.792. The molecule has 0 amide bonds. The molecular weight excluding hydrogens is 200 g/mol. The van der Waals surface area contributed by atoms with Crippen molar-refractivity contribution in [2.45, 2.75) is 6.42 Å². The standard InChI is InChI=1S/C9H13ClN4/c10-8-1-2-9(13-12-8)14-4-3-7(5-11)6-14/h1-2,7H,3-6,11H2. The largest absolute Gasteiger partial charge is 0.355 e. The Bertz CT molecular complexity index is 300. The van der Waals surface area contributed by atoms with Gasteiger partial charge in [-0.3, -0.25) is 0 Å². The minimum Gasteiger partial charge on any atom is -0.355 e. The molecule has 0 radical (unpaired) electrons. The van der Waals surface area contributed by atoms with E-state index in [9.17, 15) is 0 Å². The Balaban J connectivity index is 2.06. The molecule has 1 fully saturated rings. The van der Waals surface area contributed by atoms with Crippen molar-refractivity contribution in [1.29, 1.82) is 0 Å². The zero-order valence-corrected chi connectivity index (χ0v) is 8.61. The summed E-state index contributed by atoms with van der Waals surface area (Å²) < 4.78 is 0. The number of halogens is 1. The molecule has 5 heteroatoms. The number of nitrogens with zero attached hydrogens (tertiary/aromatic N) is 3. The van der Waals surface area contributed by atoms with Gasteiger partial charge in [-0.05, 0) is 31.0 Å². The molecule has 1 aliphatic heterocycles. The monoisotopic (exact) mass is 212 g/mol. The van der Waals surface area contributed by atoms with Crippen molar-refractivity contribution in [2.75, 3.05) is 24.5 Å². The average Bonchev–Trinajstić information content (AvgIpc) is 2.67. The molecule has 14 heavy (non-hydrogen) atoms. The fourth-order valence-electron chi connectivity index (χ4n) is 1.71. The van der Waals surface area contributed by atoms with Crippen LogP contribution in [0.5, 0.6) is 0 Å². The molecule has 0 saturated carbocycles. The van der Waals surface area contributed by atoms with Crippen molar-refractivity contribution in [3.8, 4) is 0 Å². The van der Waals surface area contributed by atoms with Crippen LogP contribution in [0.1, 0.15) is 6.42 Å². The number of hydrogen-bond donors (Lipinski definition) is 1. The van der Waals surface area contributed by atoms with Gasteiger partial charge in [0.15, 0.2) is 11.0 Å². The van der Waals surface area contributed by atoms with Crippen LogP contribution in [-0.4, -0.2) is 29.8 Å². The van der Waals surface area contributed by atoms with Crippen molar-refractivity contribution in [2.24, 2.45) is 11.7 Å². The molecular formula is C9H13ClN4. The maximum Gasteiger partial charge on any atom is 0.151 e. The molecule has 0 aromatic carbocycles. The molecule has 4 nitrogen and oxygen atoms in total. The van der Waals surface area contributed by atoms with Crippen LogP contribution in [0.15, 0.2) is 12.1 Å². The van der Waals surface area contributed by atoms with Crippen molar-refractivity contribution in [1.82, 2.24) is 10.2 Å². The molecule has 1 unspecified atom stereocenters. The Labute approximate surface area is 88.1 Å². The Morgan fingerprint density at radius 1 is 1.50 bits per heavy atom. The van der Waals surface area contributed by atoms with E-state index in [4.69, 9.17) is 17.3 Å². The second kappa shape index (κ2) is 4.11. The summed E-state index contributed by atoms with van der Waals surface area (Å²) in [6, 6.07) is 3.66. The fraction of sp³-hybridized carbons (Fsp3) is 0.556. The summed E-state index contributed by atoms with van der Waals surface area (Å²) in [6.07, 6.45) is 1.14. The highest BCUT2D eigenvalue weighted by Crippen LogP contribution is 2.21. The first-order valence-corrected chi connectivity index (χ1v) is 5.11. The highest BCUT2D eigenvalue weighted by molar-refractivity contribution is 6.29. The van der Waals surface area contributed by atoms with Crippen molar-refractivity contribution < 1.29 is 0 Å². The minimum atomic E-state index is 0.434. The Morgan fingerprint density at radius 3 is 2.93 bits per heavy atom. The summed E-state index contributed by atoms with van der Waals surface area (Å²) in [5, 5.41) is 8.28. The van der Waals surface area contributed by atoms with Gasteiger partial charge in [-0.15, -0.1) is 10.2 Å². The number of anilines is 1. The van der Waals surface area contributed by atoms with Crippen LogP contribution in [0.2, 0.25) is 5.15 Å². The van der Waals surface area contributed by atoms with Gasteiger partial charge in [0.1, 0.15) is 0 Å². The molecule has 76 valence electrons. The van der Waals surface area contributed by atoms with Crippen LogP contribution in [0.4, 0.5) is 5.82 Å². The predicted molar refractivity (Wildman–Crippen MR) is 56.4 cm³/mol. The van der Waals surface area contributed by atoms with E-state index in [2.05, 4.69) is 15.1 Å². The van der Waals surface area contributed by atoms with E-state index in [-0.39, 0.29) is 0 Å². The van der Waals surface area contributed by atoms with Crippen LogP contribution in [-0.2, 0) is 0 Å². The molecule has 2 rings (SSSR count).